The number of thiol groups is 1. The number of aliphatic hydroxyl groups excluding tert-OH is 4. The van der Waals surface area contributed by atoms with Crippen molar-refractivity contribution in [1.82, 2.24) is 39.0 Å². The van der Waals surface area contributed by atoms with E-state index in [0.717, 1.165) is 103 Å². The van der Waals surface area contributed by atoms with Crippen LogP contribution in [-0.4, -0.2) is 114 Å². The highest BCUT2D eigenvalue weighted by Gasteiger charge is 2.56. The minimum Gasteiger partial charge on any atom is -0.394 e. The lowest BCUT2D eigenvalue weighted by atomic mass is 9.96. The summed E-state index contributed by atoms with van der Waals surface area (Å²) >= 11 is 4.72. The third-order valence-electron chi connectivity index (χ3n) is 15.0. The summed E-state index contributed by atoms with van der Waals surface area (Å²) < 4.78 is 15.4. The first-order valence-corrected chi connectivity index (χ1v) is 28.0. The van der Waals surface area contributed by atoms with Gasteiger partial charge < -0.3 is 41.4 Å². The zero-order valence-electron chi connectivity index (χ0n) is 43.1. The molecule has 0 bridgehead atoms. The van der Waals surface area contributed by atoms with Crippen molar-refractivity contribution < 1.29 is 39.5 Å². The third kappa shape index (κ3) is 14.6. The Morgan fingerprint density at radius 3 is 1.66 bits per heavy atom. The molecule has 21 heteroatoms. The quantitative estimate of drug-likeness (QED) is 0.0126. The molecule has 2 aliphatic rings. The second-order valence-corrected chi connectivity index (χ2v) is 21.1. The highest BCUT2D eigenvalue weighted by atomic mass is 32.1. The van der Waals surface area contributed by atoms with Crippen molar-refractivity contribution in [1.29, 1.82) is 0 Å². The first-order chi connectivity index (χ1) is 35.3. The van der Waals surface area contributed by atoms with Crippen molar-refractivity contribution in [3.8, 4) is 0 Å². The number of H-pyrrole nitrogens is 2. The van der Waals surface area contributed by atoms with Crippen molar-refractivity contribution >= 4 is 58.4 Å². The van der Waals surface area contributed by atoms with E-state index in [0.29, 0.717) is 19.3 Å². The van der Waals surface area contributed by atoms with Gasteiger partial charge in [-0.15, -0.1) is 0 Å². The molecule has 0 saturated carbocycles. The van der Waals surface area contributed by atoms with Gasteiger partial charge in [-0.25, -0.2) is 9.97 Å². The van der Waals surface area contributed by atoms with Crippen LogP contribution in [0, 0.1) is 0 Å². The molecule has 0 aromatic carbocycles. The van der Waals surface area contributed by atoms with Crippen LogP contribution in [0.1, 0.15) is 210 Å². The van der Waals surface area contributed by atoms with Crippen molar-refractivity contribution in [3.05, 3.63) is 32.9 Å². The Morgan fingerprint density at radius 1 is 0.671 bits per heavy atom. The summed E-state index contributed by atoms with van der Waals surface area (Å²) in [7, 11) is 0. The Kier molecular flexibility index (Phi) is 22.7. The maximum atomic E-state index is 14.4. The molecule has 7 atom stereocenters. The molecule has 4 aromatic heterocycles. The molecule has 2 saturated heterocycles. The number of aliphatic hydroxyl groups is 4. The summed E-state index contributed by atoms with van der Waals surface area (Å²) in [6.45, 7) is 1.29. The maximum absolute atomic E-state index is 14.4. The average molecular weight is 1040 g/mol. The van der Waals surface area contributed by atoms with E-state index in [1.807, 2.05) is 0 Å². The fourth-order valence-electron chi connectivity index (χ4n) is 10.9. The lowest BCUT2D eigenvalue weighted by molar-refractivity contribution is -0.161. The van der Waals surface area contributed by atoms with Crippen LogP contribution in [0.5, 0.6) is 0 Å². The fraction of sp³-hybridized carbons (Fsp3) is 0.769. The first-order valence-electron chi connectivity index (χ1n) is 27.5. The molecular weight excluding hydrogens is 957 g/mol. The molecule has 6 heterocycles. The van der Waals surface area contributed by atoms with Crippen LogP contribution in [0.3, 0.4) is 0 Å². The molecule has 0 amide bonds. The summed E-state index contributed by atoms with van der Waals surface area (Å²) in [6.07, 6.45) is 25.3. The van der Waals surface area contributed by atoms with Crippen LogP contribution >= 0.6 is 12.6 Å². The van der Waals surface area contributed by atoms with E-state index in [4.69, 9.17) is 33.6 Å². The van der Waals surface area contributed by atoms with Crippen LogP contribution in [0.2, 0.25) is 0 Å². The maximum Gasteiger partial charge on any atom is 0.280 e. The number of nitrogen functional groups attached to an aromatic ring is 2. The van der Waals surface area contributed by atoms with Crippen LogP contribution in [-0.2, 0) is 25.7 Å². The number of fused-ring (bicyclic) bond motifs is 2. The normalized spacial score (nSPS) is 23.1. The first kappa shape index (κ1) is 58.0. The molecule has 0 aliphatic carbocycles. The number of anilines is 2. The Bertz CT molecular complexity index is 2480. The number of nitrogens with zero attached hydrogens (tertiary/aromatic N) is 6. The van der Waals surface area contributed by atoms with Gasteiger partial charge in [0.2, 0.25) is 17.6 Å². The average Bonchev–Trinajstić information content (AvgIpc) is 4.13. The van der Waals surface area contributed by atoms with Gasteiger partial charge in [0.05, 0.1) is 37.0 Å². The molecule has 20 nitrogen and oxygen atoms in total. The largest absolute Gasteiger partial charge is 0.394 e. The number of hydrogen-bond acceptors (Lipinski definition) is 17. The van der Waals surface area contributed by atoms with Gasteiger partial charge in [-0.05, 0) is 25.7 Å². The Balaban J connectivity index is 0.912. The van der Waals surface area contributed by atoms with Gasteiger partial charge in [0.1, 0.15) is 12.2 Å². The zero-order valence-corrected chi connectivity index (χ0v) is 44.0. The van der Waals surface area contributed by atoms with E-state index in [2.05, 4.69) is 36.8 Å². The van der Waals surface area contributed by atoms with E-state index in [-0.39, 0.29) is 70.9 Å². The molecule has 0 radical (unpaired) electrons. The number of aromatic amines is 2. The van der Waals surface area contributed by atoms with Crippen molar-refractivity contribution in [2.75, 3.05) is 24.7 Å². The van der Waals surface area contributed by atoms with Gasteiger partial charge in [0, 0.05) is 19.3 Å². The van der Waals surface area contributed by atoms with Gasteiger partial charge in [0.25, 0.3) is 11.1 Å². The Morgan fingerprint density at radius 2 is 1.15 bits per heavy atom. The molecule has 408 valence electrons. The molecule has 0 unspecified atom stereocenters. The lowest BCUT2D eigenvalue weighted by Crippen LogP contribution is -2.44. The molecule has 2 fully saturated rings. The van der Waals surface area contributed by atoms with Gasteiger partial charge in [0.15, 0.2) is 45.4 Å². The number of rotatable bonds is 36. The molecule has 2 aliphatic heterocycles. The SMILES string of the molecule is CCCCCCCCCCCCCCCC(=O)[C@]1(n2c(C(=O)CCCCCCCCCCCCCCC[C@@]3(n4cnc5c(=O)[nH]c(N)nc54)O[C@H](CO)[C@@H](O)[C@H]3S)nc3c(=O)[nH]c(N)nc32)C[C@H](O)[C@@H](CO)O1. The Labute approximate surface area is 433 Å². The summed E-state index contributed by atoms with van der Waals surface area (Å²) in [5.74, 6) is -1.19. The highest BCUT2D eigenvalue weighted by Crippen LogP contribution is 2.44. The Hall–Kier alpha value is -4.25. The minimum atomic E-state index is -1.91. The number of ketones is 2. The van der Waals surface area contributed by atoms with Crippen molar-refractivity contribution in [3.63, 3.8) is 0 Å². The zero-order chi connectivity index (χ0) is 52.4. The van der Waals surface area contributed by atoms with Crippen LogP contribution in [0.15, 0.2) is 15.9 Å². The summed E-state index contributed by atoms with van der Waals surface area (Å²) in [5, 5.41) is 41.2. The van der Waals surface area contributed by atoms with E-state index < -0.39 is 65.4 Å². The number of nitrogens with two attached hydrogens (primary N) is 2. The number of carbonyl (C=O) groups excluding carboxylic acids is 2. The summed E-state index contributed by atoms with van der Waals surface area (Å²) in [4.78, 5) is 76.2. The second-order valence-electron chi connectivity index (χ2n) is 20.6. The standard InChI is InChI=1S/C52H84N10O10S/c1-2-3-4-5-6-7-8-10-14-17-20-23-26-29-39(67)52(31-36(66)37(32-63)71-52)62-44(56-41-46(62)58-50(54)60-48(41)70)35(65)28-25-22-19-16-13-11-9-12-15-18-21-24-27-30-51(43(73)42(68)38(33-64)72-51)61-34-55-40-45(61)57-49(53)59-47(40)69/h34,36-38,42-43,63-64,66,68,73H,2-33H2,1H3,(H3,53,57,59,69)(H3,54,58,60,70)/t36-,37+,38+,42+,43+,51+,52-/m0/s1. The molecule has 6 rings (SSSR count). The van der Waals surface area contributed by atoms with E-state index in [9.17, 15) is 39.6 Å². The molecule has 0 spiro atoms. The second kappa shape index (κ2) is 28.6. The van der Waals surface area contributed by atoms with Gasteiger partial charge >= 0.3 is 0 Å². The number of hydrogen-bond donors (Lipinski definition) is 9. The van der Waals surface area contributed by atoms with Gasteiger partial charge in [-0.3, -0.25) is 38.3 Å². The van der Waals surface area contributed by atoms with E-state index in [1.54, 1.807) is 4.57 Å². The molecule has 73 heavy (non-hydrogen) atoms. The molecule has 4 aromatic rings. The number of ether oxygens (including phenoxy) is 2. The van der Waals surface area contributed by atoms with E-state index >= 15 is 0 Å². The number of aromatic nitrogens is 8. The van der Waals surface area contributed by atoms with Gasteiger partial charge in [-0.2, -0.15) is 22.6 Å². The number of unbranched alkanes of at least 4 members (excludes halogenated alkanes) is 24. The minimum absolute atomic E-state index is 0.0654. The number of Topliss-reactive ketones (excluding diaryl/α,β-unsaturated/α-hetero) is 2. The smallest absolute Gasteiger partial charge is 0.280 e. The van der Waals surface area contributed by atoms with Gasteiger partial charge in [-0.1, -0.05) is 155 Å². The summed E-state index contributed by atoms with van der Waals surface area (Å²) in [6, 6.07) is 0. The number of nitrogens with one attached hydrogen (secondary N) is 2. The monoisotopic (exact) mass is 1040 g/mol. The fourth-order valence-corrected chi connectivity index (χ4v) is 11.4. The molecular formula is C52H84N10O10S. The van der Waals surface area contributed by atoms with Crippen molar-refractivity contribution in [2.45, 2.75) is 241 Å². The summed E-state index contributed by atoms with van der Waals surface area (Å²) in [5.41, 5.74) is 7.70. The van der Waals surface area contributed by atoms with Crippen molar-refractivity contribution in [2.24, 2.45) is 0 Å². The van der Waals surface area contributed by atoms with Crippen LogP contribution in [0.25, 0.3) is 22.3 Å². The predicted molar refractivity (Wildman–Crippen MR) is 283 cm³/mol. The topological polar surface area (TPSA) is 313 Å². The molecule has 10 N–H and O–H groups in total. The van der Waals surface area contributed by atoms with Crippen LogP contribution in [0.4, 0.5) is 11.9 Å². The highest BCUT2D eigenvalue weighted by molar-refractivity contribution is 7.81. The van der Waals surface area contributed by atoms with E-state index in [1.165, 1.54) is 62.3 Å². The number of carbonyl (C=O) groups is 2. The number of imidazole rings is 2. The third-order valence-corrected chi connectivity index (χ3v) is 15.7. The van der Waals surface area contributed by atoms with Crippen LogP contribution < -0.4 is 22.6 Å². The lowest BCUT2D eigenvalue weighted by Gasteiger charge is -2.34. The predicted octanol–water partition coefficient (Wildman–Crippen LogP) is 7.00.